The van der Waals surface area contributed by atoms with Gasteiger partial charge in [-0.3, -0.25) is 4.79 Å². The van der Waals surface area contributed by atoms with Crippen LogP contribution in [0.4, 0.5) is 0 Å². The summed E-state index contributed by atoms with van der Waals surface area (Å²) in [6.07, 6.45) is 0.731. The number of nitrogens with one attached hydrogen (secondary N) is 1. The number of hydrogen-bond donors (Lipinski definition) is 1. The molecule has 3 rings (SSSR count). The molecule has 0 atom stereocenters. The van der Waals surface area contributed by atoms with Crippen LogP contribution in [0.15, 0.2) is 46.3 Å². The van der Waals surface area contributed by atoms with Crippen molar-refractivity contribution in [3.63, 3.8) is 0 Å². The Bertz CT molecular complexity index is 782. The molecule has 0 spiro atoms. The number of rotatable bonds is 7. The molecule has 6 nitrogen and oxygen atoms in total. The number of nitrogens with zero attached hydrogens (tertiary/aromatic N) is 2. The van der Waals surface area contributed by atoms with E-state index in [1.54, 1.807) is 18.4 Å². The standard InChI is InChI=1S/C17H17N3O3S/c1-22-13-6-4-12(5-7-13)17-19-16(23-20-17)9-8-15(21)18-11-14-3-2-10-24-14/h2-7,10H,8-9,11H2,1H3,(H,18,21). The van der Waals surface area contributed by atoms with Crippen LogP contribution >= 0.6 is 11.3 Å². The van der Waals surface area contributed by atoms with Crippen LogP contribution in [0.2, 0.25) is 0 Å². The molecule has 1 aromatic carbocycles. The number of benzene rings is 1. The minimum absolute atomic E-state index is 0.0346. The molecule has 1 N–H and O–H groups in total. The average molecular weight is 343 g/mol. The molecule has 0 saturated heterocycles. The first-order valence-electron chi connectivity index (χ1n) is 7.50. The maximum absolute atomic E-state index is 11.8. The number of ether oxygens (including phenoxy) is 1. The van der Waals surface area contributed by atoms with Gasteiger partial charge in [0, 0.05) is 23.3 Å². The maximum Gasteiger partial charge on any atom is 0.227 e. The van der Waals surface area contributed by atoms with Crippen LogP contribution in [0.3, 0.4) is 0 Å². The second kappa shape index (κ2) is 7.74. The number of aryl methyl sites for hydroxylation is 1. The number of thiophene rings is 1. The van der Waals surface area contributed by atoms with Crippen molar-refractivity contribution in [3.05, 3.63) is 52.5 Å². The Labute approximate surface area is 143 Å². The largest absolute Gasteiger partial charge is 0.497 e. The molecule has 0 aliphatic rings. The Morgan fingerprint density at radius 2 is 2.12 bits per heavy atom. The summed E-state index contributed by atoms with van der Waals surface area (Å²) in [6, 6.07) is 11.4. The fraction of sp³-hybridized carbons (Fsp3) is 0.235. The molecule has 124 valence electrons. The van der Waals surface area contributed by atoms with Crippen molar-refractivity contribution in [2.24, 2.45) is 0 Å². The van der Waals surface area contributed by atoms with E-state index in [2.05, 4.69) is 15.5 Å². The van der Waals surface area contributed by atoms with Crippen molar-refractivity contribution in [1.82, 2.24) is 15.5 Å². The highest BCUT2D eigenvalue weighted by Crippen LogP contribution is 2.20. The van der Waals surface area contributed by atoms with Crippen molar-refractivity contribution in [2.75, 3.05) is 7.11 Å². The molecule has 0 aliphatic heterocycles. The molecule has 0 aliphatic carbocycles. The van der Waals surface area contributed by atoms with Crippen LogP contribution in [0.5, 0.6) is 5.75 Å². The molecule has 0 radical (unpaired) electrons. The lowest BCUT2D eigenvalue weighted by atomic mass is 10.2. The summed E-state index contributed by atoms with van der Waals surface area (Å²) in [5, 5.41) is 8.81. The molecule has 0 unspecified atom stereocenters. The third-order valence-electron chi connectivity index (χ3n) is 3.42. The third-order valence-corrected chi connectivity index (χ3v) is 4.30. The Morgan fingerprint density at radius 3 is 2.83 bits per heavy atom. The van der Waals surface area contributed by atoms with E-state index in [-0.39, 0.29) is 5.91 Å². The number of hydrogen-bond acceptors (Lipinski definition) is 6. The van der Waals surface area contributed by atoms with Crippen molar-refractivity contribution < 1.29 is 14.1 Å². The summed E-state index contributed by atoms with van der Waals surface area (Å²) in [4.78, 5) is 17.3. The Kier molecular flexibility index (Phi) is 5.22. The zero-order valence-corrected chi connectivity index (χ0v) is 14.0. The Morgan fingerprint density at radius 1 is 1.29 bits per heavy atom. The van der Waals surface area contributed by atoms with Crippen LogP contribution in [0.1, 0.15) is 17.2 Å². The second-order valence-electron chi connectivity index (χ2n) is 5.10. The van der Waals surface area contributed by atoms with E-state index in [0.717, 1.165) is 16.2 Å². The summed E-state index contributed by atoms with van der Waals surface area (Å²) in [7, 11) is 1.62. The smallest absolute Gasteiger partial charge is 0.227 e. The Balaban J connectivity index is 1.51. The third kappa shape index (κ3) is 4.20. The monoisotopic (exact) mass is 343 g/mol. The molecule has 1 amide bonds. The summed E-state index contributed by atoms with van der Waals surface area (Å²) in [5.74, 6) is 1.69. The van der Waals surface area contributed by atoms with Gasteiger partial charge in [0.05, 0.1) is 13.7 Å². The predicted octanol–water partition coefficient (Wildman–Crippen LogP) is 3.06. The van der Waals surface area contributed by atoms with E-state index in [4.69, 9.17) is 9.26 Å². The van der Waals surface area contributed by atoms with Crippen molar-refractivity contribution >= 4 is 17.2 Å². The van der Waals surface area contributed by atoms with Gasteiger partial charge in [0.25, 0.3) is 0 Å². The topological polar surface area (TPSA) is 77.2 Å². The van der Waals surface area contributed by atoms with Gasteiger partial charge in [0.15, 0.2) is 0 Å². The second-order valence-corrected chi connectivity index (χ2v) is 6.13. The number of methoxy groups -OCH3 is 1. The fourth-order valence-corrected chi connectivity index (χ4v) is 2.77. The molecule has 0 fully saturated rings. The van der Waals surface area contributed by atoms with E-state index < -0.39 is 0 Å². The van der Waals surface area contributed by atoms with E-state index >= 15 is 0 Å². The van der Waals surface area contributed by atoms with Gasteiger partial charge >= 0.3 is 0 Å². The van der Waals surface area contributed by atoms with E-state index in [9.17, 15) is 4.79 Å². The van der Waals surface area contributed by atoms with Gasteiger partial charge in [0.1, 0.15) is 5.75 Å². The number of aromatic nitrogens is 2. The van der Waals surface area contributed by atoms with E-state index in [1.807, 2.05) is 41.8 Å². The number of carbonyl (C=O) groups excluding carboxylic acids is 1. The molecular formula is C17H17N3O3S. The molecule has 2 aromatic heterocycles. The zero-order chi connectivity index (χ0) is 16.8. The first kappa shape index (κ1) is 16.2. The molecular weight excluding hydrogens is 326 g/mol. The minimum Gasteiger partial charge on any atom is -0.497 e. The van der Waals surface area contributed by atoms with Crippen LogP contribution in [-0.2, 0) is 17.8 Å². The molecule has 0 saturated carbocycles. The summed E-state index contributed by atoms with van der Waals surface area (Å²) < 4.78 is 10.3. The quantitative estimate of drug-likeness (QED) is 0.713. The van der Waals surface area contributed by atoms with Crippen LogP contribution in [-0.4, -0.2) is 23.2 Å². The van der Waals surface area contributed by atoms with Gasteiger partial charge in [-0.1, -0.05) is 11.2 Å². The zero-order valence-electron chi connectivity index (χ0n) is 13.2. The lowest BCUT2D eigenvalue weighted by molar-refractivity contribution is -0.121. The van der Waals surface area contributed by atoms with Gasteiger partial charge < -0.3 is 14.6 Å². The predicted molar refractivity (Wildman–Crippen MR) is 90.8 cm³/mol. The highest BCUT2D eigenvalue weighted by atomic mass is 32.1. The first-order chi connectivity index (χ1) is 11.7. The molecule has 0 bridgehead atoms. The molecule has 2 heterocycles. The molecule has 24 heavy (non-hydrogen) atoms. The van der Waals surface area contributed by atoms with Crippen LogP contribution in [0.25, 0.3) is 11.4 Å². The fourth-order valence-electron chi connectivity index (χ4n) is 2.12. The lowest BCUT2D eigenvalue weighted by Crippen LogP contribution is -2.22. The van der Waals surface area contributed by atoms with Crippen molar-refractivity contribution in [2.45, 2.75) is 19.4 Å². The van der Waals surface area contributed by atoms with Gasteiger partial charge in [-0.15, -0.1) is 11.3 Å². The van der Waals surface area contributed by atoms with Crippen LogP contribution < -0.4 is 10.1 Å². The van der Waals surface area contributed by atoms with Crippen molar-refractivity contribution in [1.29, 1.82) is 0 Å². The van der Waals surface area contributed by atoms with E-state index in [0.29, 0.717) is 31.1 Å². The maximum atomic E-state index is 11.8. The van der Waals surface area contributed by atoms with Gasteiger partial charge in [-0.05, 0) is 35.7 Å². The molecule has 7 heteroatoms. The average Bonchev–Trinajstić information content (AvgIpc) is 3.30. The summed E-state index contributed by atoms with van der Waals surface area (Å²) >= 11 is 1.62. The van der Waals surface area contributed by atoms with Crippen LogP contribution in [0, 0.1) is 0 Å². The highest BCUT2D eigenvalue weighted by molar-refractivity contribution is 7.09. The van der Waals surface area contributed by atoms with Gasteiger partial charge in [0.2, 0.25) is 17.6 Å². The first-order valence-corrected chi connectivity index (χ1v) is 8.38. The number of amides is 1. The van der Waals surface area contributed by atoms with Crippen molar-refractivity contribution in [3.8, 4) is 17.1 Å². The highest BCUT2D eigenvalue weighted by Gasteiger charge is 2.11. The van der Waals surface area contributed by atoms with Gasteiger partial charge in [-0.25, -0.2) is 0 Å². The normalized spacial score (nSPS) is 10.5. The lowest BCUT2D eigenvalue weighted by Gasteiger charge is -2.01. The summed E-state index contributed by atoms with van der Waals surface area (Å²) in [6.45, 7) is 0.553. The molecule has 3 aromatic rings. The van der Waals surface area contributed by atoms with E-state index in [1.165, 1.54) is 0 Å². The summed E-state index contributed by atoms with van der Waals surface area (Å²) in [5.41, 5.74) is 0.841. The number of carbonyl (C=O) groups is 1. The minimum atomic E-state index is -0.0346. The Hall–Kier alpha value is -2.67. The van der Waals surface area contributed by atoms with Gasteiger partial charge in [-0.2, -0.15) is 4.98 Å². The SMILES string of the molecule is COc1ccc(-c2noc(CCC(=O)NCc3cccs3)n2)cc1.